The largest absolute Gasteiger partial charge is 0.367 e. The maximum Gasteiger partial charge on any atom is 0.260 e. The monoisotopic (exact) mass is 279 g/mol. The van der Waals surface area contributed by atoms with Crippen LogP contribution in [0.5, 0.6) is 0 Å². The number of H-pyrrole nitrogens is 1. The van der Waals surface area contributed by atoms with Crippen molar-refractivity contribution in [2.45, 2.75) is 19.4 Å². The van der Waals surface area contributed by atoms with Gasteiger partial charge in [-0.05, 0) is 26.0 Å². The molecule has 1 aliphatic heterocycles. The minimum Gasteiger partial charge on any atom is -0.367 e. The fourth-order valence-corrected chi connectivity index (χ4v) is 2.10. The molecule has 108 valence electrons. The molecule has 7 nitrogen and oxygen atoms in total. The summed E-state index contributed by atoms with van der Waals surface area (Å²) in [6.07, 6.45) is 0. The number of hydrogen-bond donors (Lipinski definition) is 2. The molecule has 7 heteroatoms. The van der Waals surface area contributed by atoms with Gasteiger partial charge in [0.25, 0.3) is 17.4 Å². The highest BCUT2D eigenvalue weighted by Crippen LogP contribution is 2.18. The van der Waals surface area contributed by atoms with Crippen molar-refractivity contribution in [3.63, 3.8) is 0 Å². The van der Waals surface area contributed by atoms with Crippen LogP contribution in [0.1, 0.15) is 23.0 Å². The third-order valence-electron chi connectivity index (χ3n) is 3.37. The minimum atomic E-state index is -1.22. The van der Waals surface area contributed by atoms with Crippen LogP contribution in [0.25, 0.3) is 0 Å². The Morgan fingerprint density at radius 1 is 1.45 bits per heavy atom. The van der Waals surface area contributed by atoms with Gasteiger partial charge in [0.1, 0.15) is 5.56 Å². The Morgan fingerprint density at radius 2 is 2.15 bits per heavy atom. The second-order valence-corrected chi connectivity index (χ2v) is 5.05. The fraction of sp³-hybridized carbons (Fsp3) is 0.462. The molecule has 1 fully saturated rings. The Hall–Kier alpha value is -2.15. The molecule has 1 saturated heterocycles. The molecule has 3 N–H and O–H groups in total. The smallest absolute Gasteiger partial charge is 0.260 e. The van der Waals surface area contributed by atoms with Gasteiger partial charge in [0.05, 0.1) is 13.2 Å². The lowest BCUT2D eigenvalue weighted by molar-refractivity contribution is -0.150. The molecular formula is C13H17N3O4. The third kappa shape index (κ3) is 2.57. The van der Waals surface area contributed by atoms with E-state index in [2.05, 4.69) is 4.98 Å². The quantitative estimate of drug-likeness (QED) is 0.754. The summed E-state index contributed by atoms with van der Waals surface area (Å²) in [7, 11) is 0. The van der Waals surface area contributed by atoms with Crippen LogP contribution in [-0.2, 0) is 9.53 Å². The molecule has 1 aromatic rings. The topological polar surface area (TPSA) is 105 Å². The van der Waals surface area contributed by atoms with Gasteiger partial charge in [0, 0.05) is 12.2 Å². The van der Waals surface area contributed by atoms with Gasteiger partial charge < -0.3 is 20.4 Å². The van der Waals surface area contributed by atoms with Crippen LogP contribution in [0.15, 0.2) is 16.9 Å². The number of carbonyl (C=O) groups excluding carboxylic acids is 2. The molecule has 0 aliphatic carbocycles. The molecule has 1 aliphatic rings. The van der Waals surface area contributed by atoms with Gasteiger partial charge >= 0.3 is 0 Å². The Kier molecular flexibility index (Phi) is 3.63. The van der Waals surface area contributed by atoms with Crippen molar-refractivity contribution in [1.82, 2.24) is 9.88 Å². The molecule has 1 atom stereocenters. The Balaban J connectivity index is 2.25. The number of carbonyl (C=O) groups is 2. The van der Waals surface area contributed by atoms with Crippen LogP contribution >= 0.6 is 0 Å². The SMILES string of the molecule is Cc1ccc(C(=O)N2CCO[C@@](C)(C(N)=O)C2)c(=O)[nH]1. The van der Waals surface area contributed by atoms with Gasteiger partial charge in [0.2, 0.25) is 0 Å². The Morgan fingerprint density at radius 3 is 2.75 bits per heavy atom. The number of morpholine rings is 1. The molecule has 0 unspecified atom stereocenters. The van der Waals surface area contributed by atoms with E-state index in [-0.39, 0.29) is 18.7 Å². The molecule has 20 heavy (non-hydrogen) atoms. The number of nitrogens with one attached hydrogen (secondary N) is 1. The van der Waals surface area contributed by atoms with Gasteiger partial charge in [-0.3, -0.25) is 14.4 Å². The van der Waals surface area contributed by atoms with Crippen molar-refractivity contribution in [2.24, 2.45) is 5.73 Å². The van der Waals surface area contributed by atoms with Crippen molar-refractivity contribution in [3.8, 4) is 0 Å². The van der Waals surface area contributed by atoms with E-state index in [1.807, 2.05) is 0 Å². The second-order valence-electron chi connectivity index (χ2n) is 5.05. The summed E-state index contributed by atoms with van der Waals surface area (Å²) in [4.78, 5) is 39.5. The van der Waals surface area contributed by atoms with Crippen molar-refractivity contribution in [1.29, 1.82) is 0 Å². The van der Waals surface area contributed by atoms with E-state index in [1.165, 1.54) is 17.9 Å². The van der Waals surface area contributed by atoms with Gasteiger partial charge in [0.15, 0.2) is 5.60 Å². The van der Waals surface area contributed by atoms with Crippen molar-refractivity contribution in [2.75, 3.05) is 19.7 Å². The van der Waals surface area contributed by atoms with E-state index in [0.29, 0.717) is 12.2 Å². The molecule has 2 amide bonds. The van der Waals surface area contributed by atoms with Gasteiger partial charge in [-0.1, -0.05) is 0 Å². The number of pyridine rings is 1. The van der Waals surface area contributed by atoms with Crippen molar-refractivity contribution in [3.05, 3.63) is 33.7 Å². The van der Waals surface area contributed by atoms with E-state index in [9.17, 15) is 14.4 Å². The first-order valence-corrected chi connectivity index (χ1v) is 6.26. The highest BCUT2D eigenvalue weighted by molar-refractivity contribution is 5.94. The van der Waals surface area contributed by atoms with Gasteiger partial charge in [-0.25, -0.2) is 0 Å². The number of nitrogens with two attached hydrogens (primary N) is 1. The molecule has 2 heterocycles. The summed E-state index contributed by atoms with van der Waals surface area (Å²) in [6, 6.07) is 3.13. The third-order valence-corrected chi connectivity index (χ3v) is 3.37. The summed E-state index contributed by atoms with van der Waals surface area (Å²) in [5, 5.41) is 0. The maximum absolute atomic E-state index is 12.3. The highest BCUT2D eigenvalue weighted by atomic mass is 16.5. The summed E-state index contributed by atoms with van der Waals surface area (Å²) in [5.74, 6) is -1.06. The number of nitrogens with zero attached hydrogens (tertiary/aromatic N) is 1. The zero-order valence-corrected chi connectivity index (χ0v) is 11.4. The maximum atomic E-state index is 12.3. The lowest BCUT2D eigenvalue weighted by atomic mass is 10.0. The average molecular weight is 279 g/mol. The minimum absolute atomic E-state index is 0.0362. The first-order valence-electron chi connectivity index (χ1n) is 6.26. The summed E-state index contributed by atoms with van der Waals surface area (Å²) >= 11 is 0. The van der Waals surface area contributed by atoms with E-state index in [1.54, 1.807) is 13.0 Å². The normalized spacial score (nSPS) is 22.6. The van der Waals surface area contributed by atoms with Crippen LogP contribution in [-0.4, -0.2) is 47.0 Å². The summed E-state index contributed by atoms with van der Waals surface area (Å²) < 4.78 is 5.34. The summed E-state index contributed by atoms with van der Waals surface area (Å²) in [5.41, 5.74) is 4.35. The molecule has 0 bridgehead atoms. The number of ether oxygens (including phenoxy) is 1. The molecule has 1 aromatic heterocycles. The number of aromatic nitrogens is 1. The number of rotatable bonds is 2. The predicted molar refractivity (Wildman–Crippen MR) is 71.3 cm³/mol. The fourth-order valence-electron chi connectivity index (χ4n) is 2.10. The predicted octanol–water partition coefficient (Wildman–Crippen LogP) is -0.600. The Labute approximate surface area is 115 Å². The average Bonchev–Trinajstić information content (AvgIpc) is 2.38. The van der Waals surface area contributed by atoms with E-state index >= 15 is 0 Å². The Bertz CT molecular complexity index is 610. The van der Waals surface area contributed by atoms with Gasteiger partial charge in [-0.2, -0.15) is 0 Å². The number of primary amides is 1. The molecule has 0 aromatic carbocycles. The van der Waals surface area contributed by atoms with Crippen LogP contribution in [0.4, 0.5) is 0 Å². The molecule has 0 spiro atoms. The molecule has 0 saturated carbocycles. The van der Waals surface area contributed by atoms with E-state index in [0.717, 1.165) is 0 Å². The van der Waals surface area contributed by atoms with Gasteiger partial charge in [-0.15, -0.1) is 0 Å². The van der Waals surface area contributed by atoms with E-state index < -0.39 is 23.0 Å². The highest BCUT2D eigenvalue weighted by Gasteiger charge is 2.39. The van der Waals surface area contributed by atoms with Crippen LogP contribution in [0.2, 0.25) is 0 Å². The lowest BCUT2D eigenvalue weighted by Crippen LogP contribution is -2.58. The van der Waals surface area contributed by atoms with Crippen molar-refractivity contribution < 1.29 is 14.3 Å². The number of hydrogen-bond acceptors (Lipinski definition) is 4. The first kappa shape index (κ1) is 14.3. The number of amides is 2. The van der Waals surface area contributed by atoms with Crippen molar-refractivity contribution >= 4 is 11.8 Å². The van der Waals surface area contributed by atoms with Crippen LogP contribution < -0.4 is 11.3 Å². The zero-order chi connectivity index (χ0) is 14.9. The second kappa shape index (κ2) is 5.09. The van der Waals surface area contributed by atoms with Crippen LogP contribution in [0.3, 0.4) is 0 Å². The molecule has 2 rings (SSSR count). The number of aryl methyl sites for hydroxylation is 1. The van der Waals surface area contributed by atoms with Crippen LogP contribution in [0, 0.1) is 6.92 Å². The zero-order valence-electron chi connectivity index (χ0n) is 11.4. The first-order chi connectivity index (χ1) is 9.33. The number of aromatic amines is 1. The van der Waals surface area contributed by atoms with E-state index in [4.69, 9.17) is 10.5 Å². The lowest BCUT2D eigenvalue weighted by Gasteiger charge is -2.38. The standard InChI is InChI=1S/C13H17N3O4/c1-8-3-4-9(10(17)15-8)11(18)16-5-6-20-13(2,7-16)12(14)19/h3-4H,5-7H2,1-2H3,(H2,14,19)(H,15,17)/t13-/m1/s1. The summed E-state index contributed by atoms with van der Waals surface area (Å²) in [6.45, 7) is 3.82. The molecular weight excluding hydrogens is 262 g/mol. The molecule has 0 radical (unpaired) electrons.